The van der Waals surface area contributed by atoms with Gasteiger partial charge < -0.3 is 29.5 Å². The molecule has 0 fully saturated rings. The lowest BCUT2D eigenvalue weighted by Crippen LogP contribution is -2.18. The largest absolute Gasteiger partial charge is 0.468 e. The first kappa shape index (κ1) is 30.7. The Morgan fingerprint density at radius 3 is 2.11 bits per heavy atom. The van der Waals surface area contributed by atoms with Crippen molar-refractivity contribution in [1.29, 1.82) is 5.26 Å². The summed E-state index contributed by atoms with van der Waals surface area (Å²) in [5, 5.41) is 14.1. The van der Waals surface area contributed by atoms with E-state index in [1.165, 1.54) is 12.6 Å². The van der Waals surface area contributed by atoms with Crippen LogP contribution >= 0.6 is 11.8 Å². The average Bonchev–Trinajstić information content (AvgIpc) is 3.42. The fourth-order valence-corrected chi connectivity index (χ4v) is 3.16. The second kappa shape index (κ2) is 18.0. The number of benzene rings is 2. The van der Waals surface area contributed by atoms with Crippen molar-refractivity contribution in [3.63, 3.8) is 0 Å². The normalized spacial score (nSPS) is 10.6. The summed E-state index contributed by atoms with van der Waals surface area (Å²) in [6.07, 6.45) is 4.75. The third-order valence-electron chi connectivity index (χ3n) is 4.19. The second-order valence-electron chi connectivity index (χ2n) is 7.02. The fraction of sp³-hybridized carbons (Fsp3) is 0.348. The van der Waals surface area contributed by atoms with Gasteiger partial charge in [-0.25, -0.2) is 10.8 Å². The first-order chi connectivity index (χ1) is 17.4. The molecule has 0 spiro atoms. The van der Waals surface area contributed by atoms with Crippen LogP contribution in [0.3, 0.4) is 0 Å². The van der Waals surface area contributed by atoms with E-state index in [1.54, 1.807) is 31.6 Å². The van der Waals surface area contributed by atoms with E-state index in [2.05, 4.69) is 31.9 Å². The van der Waals surface area contributed by atoms with Crippen LogP contribution in [0.4, 0.5) is 0 Å². The van der Waals surface area contributed by atoms with Crippen molar-refractivity contribution < 1.29 is 23.8 Å². The number of ether oxygens (including phenoxy) is 4. The predicted octanol–water partition coefficient (Wildman–Crippen LogP) is 2.92. The van der Waals surface area contributed by atoms with Gasteiger partial charge >= 0.3 is 6.26 Å². The number of hydrazine groups is 1. The Hall–Kier alpha value is -3.38. The minimum Gasteiger partial charge on any atom is -0.468 e. The van der Waals surface area contributed by atoms with E-state index >= 15 is 0 Å². The molecule has 2 aromatic carbocycles. The zero-order valence-corrected chi connectivity index (χ0v) is 21.8. The maximum Gasteiger partial charge on any atom is 0.308 e. The van der Waals surface area contributed by atoms with Gasteiger partial charge in [-0.2, -0.15) is 5.10 Å². The minimum atomic E-state index is -0.00482. The molecule has 196 valence electrons. The maximum absolute atomic E-state index is 7.45. The van der Waals surface area contributed by atoms with Crippen molar-refractivity contribution in [3.05, 3.63) is 59.4 Å². The van der Waals surface area contributed by atoms with Gasteiger partial charge in [0.15, 0.2) is 19.4 Å². The third-order valence-corrected chi connectivity index (χ3v) is 4.97. The van der Waals surface area contributed by atoms with Crippen molar-refractivity contribution in [2.75, 3.05) is 34.1 Å². The van der Waals surface area contributed by atoms with E-state index in [0.29, 0.717) is 0 Å². The molecule has 12 nitrogen and oxygen atoms in total. The summed E-state index contributed by atoms with van der Waals surface area (Å²) in [7, 11) is 3.19. The molecule has 0 radical (unpaired) electrons. The van der Waals surface area contributed by atoms with Gasteiger partial charge in [-0.05, 0) is 67.1 Å². The molecule has 13 heteroatoms. The van der Waals surface area contributed by atoms with Crippen LogP contribution in [0.5, 0.6) is 11.5 Å². The summed E-state index contributed by atoms with van der Waals surface area (Å²) in [6, 6.07) is 11.8. The number of H-pyrrole nitrogens is 1. The number of nitrogens with two attached hydrogens (primary N) is 2. The molecule has 1 aromatic heterocycles. The number of nitrogens with one attached hydrogen (secondary N) is 2. The monoisotopic (exact) mass is 519 g/mol. The lowest BCUT2D eigenvalue weighted by molar-refractivity contribution is 0.0509. The molecular formula is C23H33N7O5S. The van der Waals surface area contributed by atoms with E-state index in [9.17, 15) is 0 Å². The zero-order valence-electron chi connectivity index (χ0n) is 21.0. The van der Waals surface area contributed by atoms with Crippen LogP contribution in [0.25, 0.3) is 11.4 Å². The van der Waals surface area contributed by atoms with E-state index < -0.39 is 0 Å². The maximum atomic E-state index is 7.45. The molecule has 0 aliphatic rings. The SMILES string of the molecule is COCOc1cc(C)cc(-c2ncn[nH]2)c1.COCOc1cc(C)cc(C(N)SC)c1.N#CONN. The number of thioether (sulfide) groups is 1. The lowest BCUT2D eigenvalue weighted by atomic mass is 10.1. The Kier molecular flexibility index (Phi) is 15.3. The van der Waals surface area contributed by atoms with Crippen LogP contribution in [-0.4, -0.2) is 49.2 Å². The average molecular weight is 520 g/mol. The van der Waals surface area contributed by atoms with Gasteiger partial charge in [-0.15, -0.1) is 17.0 Å². The van der Waals surface area contributed by atoms with Crippen molar-refractivity contribution in [3.8, 4) is 29.1 Å². The molecule has 3 aromatic rings. The Balaban J connectivity index is 0.000000305. The summed E-state index contributed by atoms with van der Waals surface area (Å²) in [4.78, 5) is 7.76. The highest BCUT2D eigenvalue weighted by atomic mass is 32.2. The smallest absolute Gasteiger partial charge is 0.308 e. The number of hydrogen-bond donors (Lipinski definition) is 4. The molecule has 1 unspecified atom stereocenters. The summed E-state index contributed by atoms with van der Waals surface area (Å²) >= 11 is 1.61. The molecule has 6 N–H and O–H groups in total. The van der Waals surface area contributed by atoms with Gasteiger partial charge in [-0.1, -0.05) is 11.7 Å². The van der Waals surface area contributed by atoms with Gasteiger partial charge in [0, 0.05) is 19.8 Å². The van der Waals surface area contributed by atoms with Gasteiger partial charge in [0.1, 0.15) is 17.8 Å². The minimum absolute atomic E-state index is 0.00482. The molecule has 0 saturated heterocycles. The molecule has 1 atom stereocenters. The van der Waals surface area contributed by atoms with Crippen LogP contribution < -0.4 is 26.6 Å². The van der Waals surface area contributed by atoms with E-state index in [4.69, 9.17) is 29.9 Å². The van der Waals surface area contributed by atoms with Crippen molar-refractivity contribution in [2.24, 2.45) is 11.6 Å². The Bertz CT molecular complexity index is 1050. The number of methoxy groups -OCH3 is 2. The fourth-order valence-electron chi connectivity index (χ4n) is 2.75. The van der Waals surface area contributed by atoms with Crippen LogP contribution in [0.15, 0.2) is 42.7 Å². The lowest BCUT2D eigenvalue weighted by Gasteiger charge is -2.12. The molecule has 0 bridgehead atoms. The Labute approximate surface area is 215 Å². The molecular weight excluding hydrogens is 486 g/mol. The standard InChI is InChI=1S/C11H13N3O2.C11H17NO2S.CH3N3O/c1-8-3-9(11-12-6-13-14-11)5-10(4-8)16-7-15-2;1-8-4-9(11(12)15-3)6-10(5-8)14-7-13-2;2-1-5-4-3/h3-6H,7H2,1-2H3,(H,12,13,14);4-6,11H,7,12H2,1-3H3;4H,3H2. The van der Waals surface area contributed by atoms with E-state index in [-0.39, 0.29) is 19.0 Å². The van der Waals surface area contributed by atoms with E-state index in [0.717, 1.165) is 39.6 Å². The summed E-state index contributed by atoms with van der Waals surface area (Å²) in [5.41, 5.74) is 11.9. The Morgan fingerprint density at radius 1 is 1.03 bits per heavy atom. The van der Waals surface area contributed by atoms with Gasteiger partial charge in [-0.3, -0.25) is 5.10 Å². The molecule has 36 heavy (non-hydrogen) atoms. The number of nitrogens with zero attached hydrogens (tertiary/aromatic N) is 3. The zero-order chi connectivity index (χ0) is 26.8. The van der Waals surface area contributed by atoms with E-state index in [1.807, 2.05) is 50.4 Å². The van der Waals surface area contributed by atoms with Gasteiger partial charge in [0.25, 0.3) is 0 Å². The number of rotatable bonds is 10. The molecule has 0 saturated carbocycles. The highest BCUT2D eigenvalue weighted by Crippen LogP contribution is 2.26. The van der Waals surface area contributed by atoms with Crippen LogP contribution in [0.1, 0.15) is 22.1 Å². The number of aryl methyl sites for hydroxylation is 2. The van der Waals surface area contributed by atoms with Crippen molar-refractivity contribution in [1.82, 2.24) is 20.8 Å². The molecule has 1 heterocycles. The summed E-state index contributed by atoms with van der Waals surface area (Å²) < 4.78 is 20.5. The summed E-state index contributed by atoms with van der Waals surface area (Å²) in [6.45, 7) is 4.52. The van der Waals surface area contributed by atoms with Crippen molar-refractivity contribution >= 4 is 11.8 Å². The highest BCUT2D eigenvalue weighted by molar-refractivity contribution is 7.98. The molecule has 0 amide bonds. The first-order valence-corrected chi connectivity index (χ1v) is 11.8. The number of hydrogen-bond acceptors (Lipinski definition) is 12. The molecule has 0 aliphatic carbocycles. The summed E-state index contributed by atoms with van der Waals surface area (Å²) in [5.74, 6) is 6.73. The van der Waals surface area contributed by atoms with Crippen LogP contribution in [-0.2, 0) is 14.3 Å². The second-order valence-corrected chi connectivity index (χ2v) is 8.00. The quantitative estimate of drug-likeness (QED) is 0.133. The molecule has 0 aliphatic heterocycles. The topological polar surface area (TPSA) is 176 Å². The highest BCUT2D eigenvalue weighted by Gasteiger charge is 2.07. The number of nitriles is 1. The first-order valence-electron chi connectivity index (χ1n) is 10.5. The van der Waals surface area contributed by atoms with Crippen LogP contribution in [0, 0.1) is 25.4 Å². The van der Waals surface area contributed by atoms with Gasteiger partial charge in [0.05, 0.1) is 5.37 Å². The van der Waals surface area contributed by atoms with Crippen molar-refractivity contribution in [2.45, 2.75) is 19.2 Å². The third kappa shape index (κ3) is 11.8. The van der Waals surface area contributed by atoms with Gasteiger partial charge in [0.2, 0.25) is 0 Å². The predicted molar refractivity (Wildman–Crippen MR) is 137 cm³/mol. The number of aromatic nitrogens is 3. The van der Waals surface area contributed by atoms with Crippen LogP contribution in [0.2, 0.25) is 0 Å². The Morgan fingerprint density at radius 2 is 1.64 bits per heavy atom. The molecule has 3 rings (SSSR count). The number of aromatic amines is 1.